The number of rotatable bonds is 8. The van der Waals surface area contributed by atoms with Crippen LogP contribution >= 0.6 is 0 Å². The first-order valence-corrected chi connectivity index (χ1v) is 7.83. The number of carbonyl (C=O) groups is 1. The van der Waals surface area contributed by atoms with Gasteiger partial charge in [0.1, 0.15) is 18.1 Å². The van der Waals surface area contributed by atoms with Crippen LogP contribution in [0.5, 0.6) is 5.75 Å². The number of furan rings is 1. The largest absolute Gasteiger partial charge is 0.486 e. The Labute approximate surface area is 142 Å². The molecule has 0 aliphatic rings. The number of aliphatic hydroxyl groups is 1. The number of aryl methyl sites for hydroxylation is 1. The fourth-order valence-electron chi connectivity index (χ4n) is 2.22. The van der Waals surface area contributed by atoms with Gasteiger partial charge in [0.2, 0.25) is 0 Å². The molecule has 1 unspecified atom stereocenters. The highest BCUT2D eigenvalue weighted by Crippen LogP contribution is 2.16. The number of carbonyl (C=O) groups excluding carboxylic acids is 1. The number of nitrogens with zero attached hydrogens (tertiary/aromatic N) is 1. The van der Waals surface area contributed by atoms with Gasteiger partial charge in [-0.1, -0.05) is 12.1 Å². The highest BCUT2D eigenvalue weighted by Gasteiger charge is 2.13. The van der Waals surface area contributed by atoms with Gasteiger partial charge in [-0.05, 0) is 50.8 Å². The number of hydrogen-bond acceptors (Lipinski definition) is 5. The molecule has 1 heterocycles. The zero-order valence-corrected chi connectivity index (χ0v) is 14.3. The van der Waals surface area contributed by atoms with E-state index in [0.29, 0.717) is 12.3 Å². The van der Waals surface area contributed by atoms with Gasteiger partial charge in [0.05, 0.1) is 6.10 Å². The summed E-state index contributed by atoms with van der Waals surface area (Å²) < 4.78 is 11.1. The van der Waals surface area contributed by atoms with Crippen LogP contribution in [-0.4, -0.2) is 49.2 Å². The van der Waals surface area contributed by atoms with Crippen molar-refractivity contribution in [2.75, 3.05) is 27.2 Å². The second kappa shape index (κ2) is 8.52. The van der Waals surface area contributed by atoms with E-state index in [0.717, 1.165) is 11.3 Å². The van der Waals surface area contributed by atoms with Gasteiger partial charge in [0, 0.05) is 13.1 Å². The Morgan fingerprint density at radius 3 is 2.83 bits per heavy atom. The minimum atomic E-state index is -0.622. The highest BCUT2D eigenvalue weighted by molar-refractivity contribution is 5.91. The maximum absolute atomic E-state index is 12.0. The SMILES string of the molecule is Cc1cccc(OCc2ccc(C(=O)NCC(O)CN(C)C)o2)c1. The summed E-state index contributed by atoms with van der Waals surface area (Å²) in [6.07, 6.45) is -0.622. The number of likely N-dealkylation sites (N-methyl/N-ethyl adjacent to an activating group) is 1. The van der Waals surface area contributed by atoms with Crippen LogP contribution in [0.1, 0.15) is 21.9 Å². The Morgan fingerprint density at radius 2 is 2.12 bits per heavy atom. The van der Waals surface area contributed by atoms with Crippen LogP contribution in [-0.2, 0) is 6.61 Å². The Kier molecular flexibility index (Phi) is 6.40. The monoisotopic (exact) mass is 332 g/mol. The molecule has 0 saturated carbocycles. The summed E-state index contributed by atoms with van der Waals surface area (Å²) in [6.45, 7) is 2.90. The predicted octanol–water partition coefficient (Wildman–Crippen LogP) is 1.82. The molecule has 24 heavy (non-hydrogen) atoms. The first kappa shape index (κ1) is 18.0. The topological polar surface area (TPSA) is 74.9 Å². The first-order chi connectivity index (χ1) is 11.4. The van der Waals surface area contributed by atoms with Gasteiger partial charge in [0.15, 0.2) is 5.76 Å². The molecule has 0 aliphatic carbocycles. The lowest BCUT2D eigenvalue weighted by Crippen LogP contribution is -2.37. The molecule has 0 fully saturated rings. The van der Waals surface area contributed by atoms with Crippen molar-refractivity contribution in [3.05, 3.63) is 53.5 Å². The molecule has 1 atom stereocenters. The predicted molar refractivity (Wildman–Crippen MR) is 91.1 cm³/mol. The summed E-state index contributed by atoms with van der Waals surface area (Å²) >= 11 is 0. The van der Waals surface area contributed by atoms with E-state index in [1.165, 1.54) is 0 Å². The van der Waals surface area contributed by atoms with Crippen molar-refractivity contribution >= 4 is 5.91 Å². The van der Waals surface area contributed by atoms with Gasteiger partial charge < -0.3 is 24.5 Å². The quantitative estimate of drug-likeness (QED) is 0.771. The maximum atomic E-state index is 12.0. The lowest BCUT2D eigenvalue weighted by atomic mass is 10.2. The molecular weight excluding hydrogens is 308 g/mol. The normalized spacial score (nSPS) is 12.2. The molecule has 1 amide bonds. The molecule has 2 rings (SSSR count). The van der Waals surface area contributed by atoms with Gasteiger partial charge in [-0.3, -0.25) is 4.79 Å². The van der Waals surface area contributed by atoms with Crippen molar-refractivity contribution in [3.63, 3.8) is 0 Å². The molecular formula is C18H24N2O4. The minimum Gasteiger partial charge on any atom is -0.486 e. The first-order valence-electron chi connectivity index (χ1n) is 7.83. The van der Waals surface area contributed by atoms with E-state index in [2.05, 4.69) is 5.32 Å². The van der Waals surface area contributed by atoms with E-state index in [1.807, 2.05) is 50.2 Å². The van der Waals surface area contributed by atoms with Crippen molar-refractivity contribution in [3.8, 4) is 5.75 Å². The molecule has 0 bridgehead atoms. The van der Waals surface area contributed by atoms with Crippen molar-refractivity contribution in [2.45, 2.75) is 19.6 Å². The summed E-state index contributed by atoms with van der Waals surface area (Å²) in [7, 11) is 3.72. The molecule has 1 aromatic heterocycles. The van der Waals surface area contributed by atoms with Crippen LogP contribution < -0.4 is 10.1 Å². The van der Waals surface area contributed by atoms with E-state index in [-0.39, 0.29) is 24.8 Å². The van der Waals surface area contributed by atoms with Crippen LogP contribution in [0.4, 0.5) is 0 Å². The maximum Gasteiger partial charge on any atom is 0.287 e. The number of aliphatic hydroxyl groups excluding tert-OH is 1. The molecule has 130 valence electrons. The van der Waals surface area contributed by atoms with Gasteiger partial charge in [-0.25, -0.2) is 0 Å². The van der Waals surface area contributed by atoms with Crippen LogP contribution in [0.2, 0.25) is 0 Å². The third-order valence-corrected chi connectivity index (χ3v) is 3.33. The van der Waals surface area contributed by atoms with Crippen molar-refractivity contribution in [1.29, 1.82) is 0 Å². The lowest BCUT2D eigenvalue weighted by Gasteiger charge is -2.15. The number of benzene rings is 1. The summed E-state index contributed by atoms with van der Waals surface area (Å²) in [4.78, 5) is 13.8. The molecule has 6 nitrogen and oxygen atoms in total. The minimum absolute atomic E-state index is 0.173. The number of nitrogens with one attached hydrogen (secondary N) is 1. The van der Waals surface area contributed by atoms with Gasteiger partial charge in [0.25, 0.3) is 5.91 Å². The third-order valence-electron chi connectivity index (χ3n) is 3.33. The second-order valence-electron chi connectivity index (χ2n) is 6.00. The lowest BCUT2D eigenvalue weighted by molar-refractivity contribution is 0.0863. The molecule has 0 saturated heterocycles. The average Bonchev–Trinajstić information content (AvgIpc) is 2.99. The van der Waals surface area contributed by atoms with Crippen LogP contribution in [0.3, 0.4) is 0 Å². The van der Waals surface area contributed by atoms with Gasteiger partial charge in [-0.15, -0.1) is 0 Å². The molecule has 0 spiro atoms. The Hall–Kier alpha value is -2.31. The van der Waals surface area contributed by atoms with Gasteiger partial charge in [-0.2, -0.15) is 0 Å². The van der Waals surface area contributed by atoms with Crippen LogP contribution in [0.25, 0.3) is 0 Å². The van der Waals surface area contributed by atoms with E-state index >= 15 is 0 Å². The second-order valence-corrected chi connectivity index (χ2v) is 6.00. The van der Waals surface area contributed by atoms with E-state index in [4.69, 9.17) is 9.15 Å². The van der Waals surface area contributed by atoms with Crippen LogP contribution in [0, 0.1) is 6.92 Å². The molecule has 6 heteroatoms. The fraction of sp³-hybridized carbons (Fsp3) is 0.389. The third kappa shape index (κ3) is 5.72. The van der Waals surface area contributed by atoms with E-state index in [9.17, 15) is 9.90 Å². The molecule has 1 aromatic carbocycles. The molecule has 2 aromatic rings. The fourth-order valence-corrected chi connectivity index (χ4v) is 2.22. The number of amides is 1. The number of ether oxygens (including phenoxy) is 1. The molecule has 0 radical (unpaired) electrons. The standard InChI is InChI=1S/C18H24N2O4/c1-13-5-4-6-15(9-13)23-12-16-7-8-17(24-16)18(22)19-10-14(21)11-20(2)3/h4-9,14,21H,10-12H2,1-3H3,(H,19,22). The van der Waals surface area contributed by atoms with Crippen molar-refractivity contribution < 1.29 is 19.1 Å². The van der Waals surface area contributed by atoms with E-state index in [1.54, 1.807) is 12.1 Å². The smallest absolute Gasteiger partial charge is 0.287 e. The van der Waals surface area contributed by atoms with E-state index < -0.39 is 6.10 Å². The zero-order chi connectivity index (χ0) is 17.5. The Morgan fingerprint density at radius 1 is 1.33 bits per heavy atom. The van der Waals surface area contributed by atoms with Crippen molar-refractivity contribution in [1.82, 2.24) is 10.2 Å². The highest BCUT2D eigenvalue weighted by atomic mass is 16.5. The summed E-state index contributed by atoms with van der Waals surface area (Å²) in [6, 6.07) is 11.0. The summed E-state index contributed by atoms with van der Waals surface area (Å²) in [5.74, 6) is 1.17. The molecule has 2 N–H and O–H groups in total. The van der Waals surface area contributed by atoms with Crippen LogP contribution in [0.15, 0.2) is 40.8 Å². The van der Waals surface area contributed by atoms with Crippen molar-refractivity contribution in [2.24, 2.45) is 0 Å². The Balaban J connectivity index is 1.82. The zero-order valence-electron chi connectivity index (χ0n) is 14.3. The summed E-state index contributed by atoms with van der Waals surface area (Å²) in [5.41, 5.74) is 1.11. The number of hydrogen-bond donors (Lipinski definition) is 2. The molecule has 0 aliphatic heterocycles. The Bertz CT molecular complexity index is 667. The average molecular weight is 332 g/mol. The summed E-state index contributed by atoms with van der Waals surface area (Å²) in [5, 5.41) is 12.4. The van der Waals surface area contributed by atoms with Gasteiger partial charge >= 0.3 is 0 Å².